The maximum Gasteiger partial charge on any atom is 0.0391 e. The third-order valence-corrected chi connectivity index (χ3v) is 4.76. The van der Waals surface area contributed by atoms with Gasteiger partial charge in [0.05, 0.1) is 0 Å². The Balaban J connectivity index is 2.40. The number of hydrogen-bond donors (Lipinski definition) is 1. The summed E-state index contributed by atoms with van der Waals surface area (Å²) in [5.41, 5.74) is 2.83. The molecule has 0 radical (unpaired) electrons. The fourth-order valence-electron chi connectivity index (χ4n) is 2.90. The Morgan fingerprint density at radius 1 is 1.39 bits per heavy atom. The smallest absolute Gasteiger partial charge is 0.0391 e. The number of aryl methyl sites for hydroxylation is 1. The molecule has 1 atom stereocenters. The molecule has 1 aliphatic rings. The molecular weight excluding hydrogens is 288 g/mol. The highest BCUT2D eigenvalue weighted by Gasteiger charge is 2.32. The van der Waals surface area contributed by atoms with Gasteiger partial charge in [-0.1, -0.05) is 15.9 Å². The lowest BCUT2D eigenvalue weighted by atomic mass is 9.96. The first-order valence-electron chi connectivity index (χ1n) is 6.68. The van der Waals surface area contributed by atoms with Gasteiger partial charge in [-0.3, -0.25) is 0 Å². The van der Waals surface area contributed by atoms with Gasteiger partial charge < -0.3 is 10.2 Å². The lowest BCUT2D eigenvalue weighted by Gasteiger charge is -2.43. The van der Waals surface area contributed by atoms with Gasteiger partial charge in [-0.2, -0.15) is 0 Å². The lowest BCUT2D eigenvalue weighted by Crippen LogP contribution is -2.49. The number of hydrogen-bond acceptors (Lipinski definition) is 2. The maximum atomic E-state index is 3.58. The molecule has 0 aliphatic carbocycles. The van der Waals surface area contributed by atoms with Crippen LogP contribution in [0.4, 0.5) is 5.69 Å². The van der Waals surface area contributed by atoms with Crippen LogP contribution >= 0.6 is 15.9 Å². The molecule has 1 aromatic rings. The van der Waals surface area contributed by atoms with Crippen LogP contribution in [0.2, 0.25) is 0 Å². The second kappa shape index (κ2) is 5.22. The number of anilines is 1. The second-order valence-corrected chi connectivity index (χ2v) is 6.77. The number of nitrogens with zero attached hydrogens (tertiary/aromatic N) is 1. The molecular formula is C15H23BrN2. The molecule has 1 N–H and O–H groups in total. The van der Waals surface area contributed by atoms with Crippen LogP contribution in [0.25, 0.3) is 0 Å². The summed E-state index contributed by atoms with van der Waals surface area (Å²) in [4.78, 5) is 2.56. The van der Waals surface area contributed by atoms with E-state index in [4.69, 9.17) is 0 Å². The molecule has 0 saturated carbocycles. The standard InChI is InChI=1S/C15H23BrN2/c1-11-9-13(5-6-14(11)16)18-12(2)10-17-8-7-15(18,3)4/h5-6,9,12,17H,7-8,10H2,1-4H3. The Morgan fingerprint density at radius 2 is 2.11 bits per heavy atom. The first-order valence-corrected chi connectivity index (χ1v) is 7.47. The first-order chi connectivity index (χ1) is 8.42. The predicted molar refractivity (Wildman–Crippen MR) is 82.4 cm³/mol. The highest BCUT2D eigenvalue weighted by Crippen LogP contribution is 2.32. The van der Waals surface area contributed by atoms with Crippen LogP contribution in [0.5, 0.6) is 0 Å². The minimum atomic E-state index is 0.198. The van der Waals surface area contributed by atoms with Crippen molar-refractivity contribution in [3.8, 4) is 0 Å². The van der Waals surface area contributed by atoms with Crippen LogP contribution in [0.1, 0.15) is 32.8 Å². The normalized spacial score (nSPS) is 23.8. The quantitative estimate of drug-likeness (QED) is 0.850. The van der Waals surface area contributed by atoms with E-state index in [1.54, 1.807) is 0 Å². The SMILES string of the molecule is Cc1cc(N2C(C)CNCCC2(C)C)ccc1Br. The van der Waals surface area contributed by atoms with E-state index in [1.165, 1.54) is 22.1 Å². The molecule has 1 unspecified atom stereocenters. The molecule has 1 heterocycles. The van der Waals surface area contributed by atoms with Gasteiger partial charge in [0.2, 0.25) is 0 Å². The second-order valence-electron chi connectivity index (χ2n) is 5.92. The number of benzene rings is 1. The van der Waals surface area contributed by atoms with Crippen molar-refractivity contribution in [2.75, 3.05) is 18.0 Å². The minimum Gasteiger partial charge on any atom is -0.362 e. The molecule has 0 amide bonds. The number of nitrogens with one attached hydrogen (secondary N) is 1. The molecule has 2 nitrogen and oxygen atoms in total. The van der Waals surface area contributed by atoms with Gasteiger partial charge in [-0.25, -0.2) is 0 Å². The molecule has 100 valence electrons. The van der Waals surface area contributed by atoms with Crippen LogP contribution in [0, 0.1) is 6.92 Å². The first kappa shape index (κ1) is 13.9. The zero-order chi connectivity index (χ0) is 13.3. The third-order valence-electron chi connectivity index (χ3n) is 3.87. The van der Waals surface area contributed by atoms with Gasteiger partial charge in [0, 0.05) is 28.3 Å². The molecule has 1 aliphatic heterocycles. The Kier molecular flexibility index (Phi) is 4.02. The van der Waals surface area contributed by atoms with E-state index in [0.717, 1.165) is 13.1 Å². The van der Waals surface area contributed by atoms with Gasteiger partial charge in [0.1, 0.15) is 0 Å². The van der Waals surface area contributed by atoms with Crippen molar-refractivity contribution in [2.24, 2.45) is 0 Å². The van der Waals surface area contributed by atoms with Crippen LogP contribution in [0.3, 0.4) is 0 Å². The summed E-state index contributed by atoms with van der Waals surface area (Å²) < 4.78 is 1.18. The van der Waals surface area contributed by atoms with Crippen molar-refractivity contribution in [3.63, 3.8) is 0 Å². The summed E-state index contributed by atoms with van der Waals surface area (Å²) in [5.74, 6) is 0. The molecule has 0 spiro atoms. The number of halogens is 1. The van der Waals surface area contributed by atoms with Crippen molar-refractivity contribution in [2.45, 2.75) is 45.7 Å². The maximum absolute atomic E-state index is 3.58. The molecule has 18 heavy (non-hydrogen) atoms. The molecule has 1 aromatic carbocycles. The third kappa shape index (κ3) is 2.72. The van der Waals surface area contributed by atoms with Gasteiger partial charge >= 0.3 is 0 Å². The van der Waals surface area contributed by atoms with E-state index in [1.807, 2.05) is 0 Å². The Hall–Kier alpha value is -0.540. The van der Waals surface area contributed by atoms with E-state index < -0.39 is 0 Å². The molecule has 2 rings (SSSR count). The minimum absolute atomic E-state index is 0.198. The zero-order valence-corrected chi connectivity index (χ0v) is 13.3. The van der Waals surface area contributed by atoms with Crippen LogP contribution in [0.15, 0.2) is 22.7 Å². The van der Waals surface area contributed by atoms with E-state index in [9.17, 15) is 0 Å². The fraction of sp³-hybridized carbons (Fsp3) is 0.600. The molecule has 0 aromatic heterocycles. The Morgan fingerprint density at radius 3 is 2.78 bits per heavy atom. The van der Waals surface area contributed by atoms with Crippen molar-refractivity contribution in [1.82, 2.24) is 5.32 Å². The van der Waals surface area contributed by atoms with Crippen molar-refractivity contribution in [3.05, 3.63) is 28.2 Å². The van der Waals surface area contributed by atoms with E-state index >= 15 is 0 Å². The van der Waals surface area contributed by atoms with E-state index in [-0.39, 0.29) is 5.54 Å². The van der Waals surface area contributed by atoms with Gasteiger partial charge in [0.15, 0.2) is 0 Å². The average Bonchev–Trinajstić information content (AvgIpc) is 2.41. The fourth-order valence-corrected chi connectivity index (χ4v) is 3.14. The van der Waals surface area contributed by atoms with Crippen molar-refractivity contribution < 1.29 is 0 Å². The van der Waals surface area contributed by atoms with Crippen molar-refractivity contribution in [1.29, 1.82) is 0 Å². The molecule has 1 saturated heterocycles. The largest absolute Gasteiger partial charge is 0.362 e. The summed E-state index contributed by atoms with van der Waals surface area (Å²) in [7, 11) is 0. The highest BCUT2D eigenvalue weighted by atomic mass is 79.9. The molecule has 1 fully saturated rings. The summed E-state index contributed by atoms with van der Waals surface area (Å²) >= 11 is 3.58. The summed E-state index contributed by atoms with van der Waals surface area (Å²) in [5, 5.41) is 3.53. The van der Waals surface area contributed by atoms with Crippen LogP contribution in [-0.4, -0.2) is 24.7 Å². The van der Waals surface area contributed by atoms with Crippen molar-refractivity contribution >= 4 is 21.6 Å². The van der Waals surface area contributed by atoms with E-state index in [2.05, 4.69) is 72.0 Å². The molecule has 0 bridgehead atoms. The van der Waals surface area contributed by atoms with E-state index in [0.29, 0.717) is 6.04 Å². The van der Waals surface area contributed by atoms with Crippen LogP contribution in [-0.2, 0) is 0 Å². The Labute approximate surface area is 119 Å². The predicted octanol–water partition coefficient (Wildman–Crippen LogP) is 3.72. The topological polar surface area (TPSA) is 15.3 Å². The zero-order valence-electron chi connectivity index (χ0n) is 11.8. The summed E-state index contributed by atoms with van der Waals surface area (Å²) in [6.07, 6.45) is 1.17. The summed E-state index contributed by atoms with van der Waals surface area (Å²) in [6, 6.07) is 7.18. The highest BCUT2D eigenvalue weighted by molar-refractivity contribution is 9.10. The number of rotatable bonds is 1. The average molecular weight is 311 g/mol. The Bertz CT molecular complexity index is 429. The monoisotopic (exact) mass is 310 g/mol. The van der Waals surface area contributed by atoms with Gasteiger partial charge in [-0.15, -0.1) is 0 Å². The van der Waals surface area contributed by atoms with Gasteiger partial charge in [0.25, 0.3) is 0 Å². The lowest BCUT2D eigenvalue weighted by molar-refractivity contribution is 0.426. The molecule has 3 heteroatoms. The summed E-state index contributed by atoms with van der Waals surface area (Å²) in [6.45, 7) is 11.3. The van der Waals surface area contributed by atoms with Crippen LogP contribution < -0.4 is 10.2 Å². The van der Waals surface area contributed by atoms with Gasteiger partial charge in [-0.05, 0) is 64.4 Å².